The van der Waals surface area contributed by atoms with Gasteiger partial charge in [-0.3, -0.25) is 14.8 Å². The predicted octanol–water partition coefficient (Wildman–Crippen LogP) is 4.04. The zero-order valence-corrected chi connectivity index (χ0v) is 14.8. The van der Waals surface area contributed by atoms with Gasteiger partial charge in [-0.1, -0.05) is 38.1 Å². The molecule has 1 aromatic carbocycles. The molecule has 2 aromatic heterocycles. The van der Waals surface area contributed by atoms with E-state index in [-0.39, 0.29) is 17.2 Å². The highest BCUT2D eigenvalue weighted by atomic mass is 16.1. The van der Waals surface area contributed by atoms with Crippen LogP contribution in [0, 0.1) is 5.41 Å². The Morgan fingerprint density at radius 2 is 1.92 bits per heavy atom. The number of fused-ring (bicyclic) bond motifs is 1. The second-order valence-corrected chi connectivity index (χ2v) is 7.21. The van der Waals surface area contributed by atoms with Crippen molar-refractivity contribution in [1.29, 1.82) is 0 Å². The van der Waals surface area contributed by atoms with Crippen molar-refractivity contribution in [2.75, 3.05) is 0 Å². The maximum Gasteiger partial charge on any atom is 0.167 e. The molecule has 0 aliphatic heterocycles. The van der Waals surface area contributed by atoms with Gasteiger partial charge in [-0.25, -0.2) is 4.68 Å². The van der Waals surface area contributed by atoms with Crippen molar-refractivity contribution in [3.63, 3.8) is 0 Å². The fourth-order valence-corrected chi connectivity index (χ4v) is 3.46. The summed E-state index contributed by atoms with van der Waals surface area (Å²) in [7, 11) is 0. The normalized spacial score (nSPS) is 18.8. The zero-order valence-electron chi connectivity index (χ0n) is 14.8. The average Bonchev–Trinajstić information content (AvgIpc) is 3.08. The molecule has 5 heteroatoms. The molecule has 5 nitrogen and oxygen atoms in total. The van der Waals surface area contributed by atoms with Crippen LogP contribution in [0.1, 0.15) is 48.1 Å². The molecule has 1 unspecified atom stereocenters. The highest BCUT2D eigenvalue weighted by molar-refractivity contribution is 5.99. The quantitative estimate of drug-likeness (QED) is 0.674. The Hall–Kier alpha value is -3.08. The molecule has 4 rings (SSSR count). The molecule has 2 heterocycles. The van der Waals surface area contributed by atoms with Crippen molar-refractivity contribution in [2.45, 2.75) is 26.3 Å². The van der Waals surface area contributed by atoms with Gasteiger partial charge in [0.1, 0.15) is 0 Å². The number of hydrogen-bond acceptors (Lipinski definition) is 4. The zero-order chi connectivity index (χ0) is 18.1. The lowest BCUT2D eigenvalue weighted by molar-refractivity contribution is 0.0884. The maximum absolute atomic E-state index is 12.6. The number of nitrogens with zero attached hydrogens (tertiary/aromatic N) is 4. The minimum absolute atomic E-state index is 0.122. The molecule has 0 saturated heterocycles. The summed E-state index contributed by atoms with van der Waals surface area (Å²) in [5, 5.41) is 4.50. The van der Waals surface area contributed by atoms with Crippen molar-refractivity contribution >= 4 is 12.0 Å². The second-order valence-electron chi connectivity index (χ2n) is 7.21. The van der Waals surface area contributed by atoms with E-state index in [1.807, 2.05) is 53.2 Å². The molecular formula is C21H20N4O. The number of para-hydroxylation sites is 1. The standard InChI is InChI=1S/C21H20N4O/c1-21(2)12-18(26)17-14-24-25(16-9-4-3-5-10-16)19(17)20(21)23-13-15-8-6-7-11-22-15/h3-11,13-14,20H,12H2,1-2H3. The van der Waals surface area contributed by atoms with E-state index in [2.05, 4.69) is 23.9 Å². The van der Waals surface area contributed by atoms with Crippen molar-refractivity contribution in [3.05, 3.63) is 77.9 Å². The second kappa shape index (κ2) is 6.33. The first-order valence-corrected chi connectivity index (χ1v) is 8.67. The van der Waals surface area contributed by atoms with Gasteiger partial charge in [0.25, 0.3) is 0 Å². The summed E-state index contributed by atoms with van der Waals surface area (Å²) < 4.78 is 1.84. The lowest BCUT2D eigenvalue weighted by atomic mass is 9.72. The van der Waals surface area contributed by atoms with Crippen LogP contribution >= 0.6 is 0 Å². The number of rotatable bonds is 3. The van der Waals surface area contributed by atoms with Gasteiger partial charge < -0.3 is 0 Å². The average molecular weight is 344 g/mol. The molecule has 1 aliphatic carbocycles. The first kappa shape index (κ1) is 16.4. The van der Waals surface area contributed by atoms with Crippen LogP contribution in [-0.4, -0.2) is 26.8 Å². The predicted molar refractivity (Wildman–Crippen MR) is 101 cm³/mol. The minimum atomic E-state index is -0.304. The fraction of sp³-hybridized carbons (Fsp3) is 0.238. The summed E-state index contributed by atoms with van der Waals surface area (Å²) in [5.41, 5.74) is 2.94. The number of carbonyl (C=O) groups excluding carboxylic acids is 1. The van der Waals surface area contributed by atoms with Gasteiger partial charge in [-0.05, 0) is 24.3 Å². The Kier molecular flexibility index (Phi) is 3.99. The number of pyridine rings is 1. The smallest absolute Gasteiger partial charge is 0.167 e. The summed E-state index contributed by atoms with van der Waals surface area (Å²) in [4.78, 5) is 21.8. The lowest BCUT2D eigenvalue weighted by Crippen LogP contribution is -2.32. The largest absolute Gasteiger partial charge is 0.294 e. The molecule has 0 spiro atoms. The van der Waals surface area contributed by atoms with Gasteiger partial charge in [0.05, 0.1) is 34.9 Å². The molecule has 26 heavy (non-hydrogen) atoms. The third-order valence-electron chi connectivity index (χ3n) is 4.77. The molecule has 0 bridgehead atoms. The highest BCUT2D eigenvalue weighted by Crippen LogP contribution is 2.46. The monoisotopic (exact) mass is 344 g/mol. The van der Waals surface area contributed by atoms with E-state index in [9.17, 15) is 4.79 Å². The van der Waals surface area contributed by atoms with Crippen molar-refractivity contribution in [2.24, 2.45) is 10.4 Å². The van der Waals surface area contributed by atoms with E-state index in [0.29, 0.717) is 12.0 Å². The third-order valence-corrected chi connectivity index (χ3v) is 4.77. The first-order chi connectivity index (χ1) is 12.6. The number of benzene rings is 1. The van der Waals surface area contributed by atoms with Crippen LogP contribution in [0.25, 0.3) is 5.69 Å². The maximum atomic E-state index is 12.6. The van der Waals surface area contributed by atoms with Crippen molar-refractivity contribution in [3.8, 4) is 5.69 Å². The van der Waals surface area contributed by atoms with Gasteiger partial charge in [0.15, 0.2) is 5.78 Å². The van der Waals surface area contributed by atoms with Crippen LogP contribution in [-0.2, 0) is 0 Å². The van der Waals surface area contributed by atoms with E-state index in [1.165, 1.54) is 0 Å². The molecule has 0 fully saturated rings. The Morgan fingerprint density at radius 1 is 1.15 bits per heavy atom. The van der Waals surface area contributed by atoms with E-state index >= 15 is 0 Å². The molecule has 0 amide bonds. The first-order valence-electron chi connectivity index (χ1n) is 8.67. The van der Waals surface area contributed by atoms with Gasteiger partial charge in [0.2, 0.25) is 0 Å². The molecule has 130 valence electrons. The Labute approximate surface area is 152 Å². The van der Waals surface area contributed by atoms with Gasteiger partial charge in [-0.15, -0.1) is 0 Å². The van der Waals surface area contributed by atoms with Crippen LogP contribution < -0.4 is 0 Å². The SMILES string of the molecule is CC1(C)CC(=O)c2cnn(-c3ccccc3)c2C1N=Cc1ccccn1. The summed E-state index contributed by atoms with van der Waals surface area (Å²) in [6.45, 7) is 4.16. The van der Waals surface area contributed by atoms with Crippen molar-refractivity contribution < 1.29 is 4.79 Å². The van der Waals surface area contributed by atoms with Crippen LogP contribution in [0.3, 0.4) is 0 Å². The van der Waals surface area contributed by atoms with Crippen LogP contribution in [0.2, 0.25) is 0 Å². The Balaban J connectivity index is 1.84. The van der Waals surface area contributed by atoms with Crippen LogP contribution in [0.5, 0.6) is 0 Å². The highest BCUT2D eigenvalue weighted by Gasteiger charge is 2.42. The van der Waals surface area contributed by atoms with E-state index in [4.69, 9.17) is 4.99 Å². The lowest BCUT2D eigenvalue weighted by Gasteiger charge is -2.35. The number of ketones is 1. The van der Waals surface area contributed by atoms with E-state index < -0.39 is 0 Å². The van der Waals surface area contributed by atoms with Gasteiger partial charge >= 0.3 is 0 Å². The molecule has 3 aromatic rings. The van der Waals surface area contributed by atoms with Gasteiger partial charge in [0, 0.05) is 24.2 Å². The summed E-state index contributed by atoms with van der Waals surface area (Å²) in [5.74, 6) is 0.122. The molecule has 1 aliphatic rings. The van der Waals surface area contributed by atoms with Crippen LogP contribution in [0.4, 0.5) is 0 Å². The molecule has 0 radical (unpaired) electrons. The van der Waals surface area contributed by atoms with Crippen molar-refractivity contribution in [1.82, 2.24) is 14.8 Å². The Morgan fingerprint density at radius 3 is 2.65 bits per heavy atom. The number of aromatic nitrogens is 3. The molecule has 0 saturated carbocycles. The Bertz CT molecular complexity index is 958. The minimum Gasteiger partial charge on any atom is -0.294 e. The summed E-state index contributed by atoms with van der Waals surface area (Å²) >= 11 is 0. The van der Waals surface area contributed by atoms with E-state index in [1.54, 1.807) is 18.6 Å². The fourth-order valence-electron chi connectivity index (χ4n) is 3.46. The number of hydrogen-bond donors (Lipinski definition) is 0. The molecular weight excluding hydrogens is 324 g/mol. The number of Topliss-reactive ketones (excluding diaryl/α,β-unsaturated/α-hetero) is 1. The van der Waals surface area contributed by atoms with Gasteiger partial charge in [-0.2, -0.15) is 5.10 Å². The number of aliphatic imine (C=N–C) groups is 1. The number of carbonyl (C=O) groups is 1. The topological polar surface area (TPSA) is 60.1 Å². The summed E-state index contributed by atoms with van der Waals surface area (Å²) in [6.07, 6.45) is 5.65. The molecule has 0 N–H and O–H groups in total. The molecule has 1 atom stereocenters. The van der Waals surface area contributed by atoms with Crippen LogP contribution in [0.15, 0.2) is 65.9 Å². The van der Waals surface area contributed by atoms with E-state index in [0.717, 1.165) is 17.1 Å². The third kappa shape index (κ3) is 2.86. The summed E-state index contributed by atoms with van der Waals surface area (Å²) in [6, 6.07) is 15.4.